The zero-order valence-electron chi connectivity index (χ0n) is 12.9. The van der Waals surface area contributed by atoms with Crippen LogP contribution in [0.1, 0.15) is 16.5 Å². The molecule has 0 N–H and O–H groups in total. The molecule has 3 rings (SSSR count). The molecule has 0 saturated carbocycles. The molecule has 1 aromatic carbocycles. The predicted molar refractivity (Wildman–Crippen MR) is 95.6 cm³/mol. The molecule has 0 bridgehead atoms. The van der Waals surface area contributed by atoms with E-state index in [1.807, 2.05) is 0 Å². The van der Waals surface area contributed by atoms with Crippen LogP contribution in [0.15, 0.2) is 40.6 Å². The molecule has 1 unspecified atom stereocenters. The second kappa shape index (κ2) is 6.96. The lowest BCUT2D eigenvalue weighted by Crippen LogP contribution is -2.33. The lowest BCUT2D eigenvalue weighted by molar-refractivity contribution is 0.428. The molecule has 2 heterocycles. The van der Waals surface area contributed by atoms with Gasteiger partial charge in [0.2, 0.25) is 10.0 Å². The Kier molecular flexibility index (Phi) is 5.23. The van der Waals surface area contributed by atoms with E-state index in [-0.39, 0.29) is 35.2 Å². The highest BCUT2D eigenvalue weighted by Crippen LogP contribution is 2.34. The van der Waals surface area contributed by atoms with Crippen molar-refractivity contribution in [1.82, 2.24) is 4.31 Å². The van der Waals surface area contributed by atoms with Gasteiger partial charge in [0.15, 0.2) is 9.84 Å². The smallest absolute Gasteiger partial charge is 0.228 e. The van der Waals surface area contributed by atoms with Crippen LogP contribution in [0.5, 0.6) is 0 Å². The van der Waals surface area contributed by atoms with Gasteiger partial charge in [0.05, 0.1) is 20.9 Å². The summed E-state index contributed by atoms with van der Waals surface area (Å²) in [5.41, 5.74) is 0. The van der Waals surface area contributed by atoms with Crippen LogP contribution in [0.2, 0.25) is 5.02 Å². The normalized spacial score (nSPS) is 21.8. The van der Waals surface area contributed by atoms with Crippen molar-refractivity contribution in [2.75, 3.05) is 18.8 Å². The van der Waals surface area contributed by atoms with E-state index < -0.39 is 30.9 Å². The molecule has 5 nitrogen and oxygen atoms in total. The van der Waals surface area contributed by atoms with Gasteiger partial charge in [0, 0.05) is 18.0 Å². The number of rotatable bonds is 3. The Balaban J connectivity index is 1.90. The van der Waals surface area contributed by atoms with Gasteiger partial charge in [-0.3, -0.25) is 0 Å². The minimum atomic E-state index is -3.95. The van der Waals surface area contributed by atoms with Gasteiger partial charge in [-0.25, -0.2) is 21.2 Å². The van der Waals surface area contributed by atoms with Crippen molar-refractivity contribution in [3.63, 3.8) is 0 Å². The first-order chi connectivity index (χ1) is 11.7. The molecular weight excluding hydrogens is 409 g/mol. The highest BCUT2D eigenvalue weighted by molar-refractivity contribution is 7.92. The number of hydrogen-bond acceptors (Lipinski definition) is 5. The fourth-order valence-corrected chi connectivity index (χ4v) is 7.59. The molecule has 1 aliphatic heterocycles. The first-order valence-electron chi connectivity index (χ1n) is 7.42. The van der Waals surface area contributed by atoms with E-state index in [1.54, 1.807) is 17.5 Å². The Morgan fingerprint density at radius 1 is 1.24 bits per heavy atom. The predicted octanol–water partition coefficient (Wildman–Crippen LogP) is 3.09. The molecule has 0 aliphatic carbocycles. The molecule has 2 aromatic rings. The van der Waals surface area contributed by atoms with Gasteiger partial charge in [-0.1, -0.05) is 17.7 Å². The van der Waals surface area contributed by atoms with Gasteiger partial charge in [0.25, 0.3) is 0 Å². The van der Waals surface area contributed by atoms with E-state index in [9.17, 15) is 21.2 Å². The number of sulfone groups is 1. The molecule has 136 valence electrons. The molecule has 0 radical (unpaired) electrons. The summed E-state index contributed by atoms with van der Waals surface area (Å²) in [5.74, 6) is -0.971. The number of sulfonamides is 1. The van der Waals surface area contributed by atoms with Crippen molar-refractivity contribution < 1.29 is 21.2 Å². The SMILES string of the molecule is O=S1(=O)CCN(S(=O)(=O)c2ccc(F)c(Cl)c2)CCC1c1cccs1. The van der Waals surface area contributed by atoms with Crippen LogP contribution >= 0.6 is 22.9 Å². The first-order valence-corrected chi connectivity index (χ1v) is 11.8. The highest BCUT2D eigenvalue weighted by Gasteiger charge is 2.36. The Morgan fingerprint density at radius 3 is 2.64 bits per heavy atom. The number of benzene rings is 1. The Bertz CT molecular complexity index is 974. The summed E-state index contributed by atoms with van der Waals surface area (Å²) < 4.78 is 65.0. The quantitative estimate of drug-likeness (QED) is 0.760. The van der Waals surface area contributed by atoms with Gasteiger partial charge in [0.1, 0.15) is 5.82 Å². The maximum absolute atomic E-state index is 13.3. The molecule has 1 fully saturated rings. The number of nitrogens with zero attached hydrogens (tertiary/aromatic N) is 1. The second-order valence-electron chi connectivity index (χ2n) is 5.64. The lowest BCUT2D eigenvalue weighted by atomic mass is 10.2. The summed E-state index contributed by atoms with van der Waals surface area (Å²) in [6, 6.07) is 6.68. The van der Waals surface area contributed by atoms with Crippen LogP contribution in [0.4, 0.5) is 4.39 Å². The van der Waals surface area contributed by atoms with Crippen LogP contribution in [-0.2, 0) is 19.9 Å². The van der Waals surface area contributed by atoms with E-state index in [0.717, 1.165) is 22.5 Å². The third kappa shape index (κ3) is 3.75. The third-order valence-corrected chi connectivity index (χ3v) is 9.52. The van der Waals surface area contributed by atoms with Crippen molar-refractivity contribution >= 4 is 42.8 Å². The molecule has 1 aliphatic rings. The summed E-state index contributed by atoms with van der Waals surface area (Å²) >= 11 is 7.02. The summed E-state index contributed by atoms with van der Waals surface area (Å²) in [5, 5.41) is 0.801. The van der Waals surface area contributed by atoms with E-state index in [0.29, 0.717) is 4.88 Å². The topological polar surface area (TPSA) is 71.5 Å². The van der Waals surface area contributed by atoms with Crippen LogP contribution in [0, 0.1) is 5.82 Å². The lowest BCUT2D eigenvalue weighted by Gasteiger charge is -2.19. The van der Waals surface area contributed by atoms with Crippen molar-refractivity contribution in [1.29, 1.82) is 0 Å². The van der Waals surface area contributed by atoms with E-state index in [2.05, 4.69) is 0 Å². The van der Waals surface area contributed by atoms with Crippen molar-refractivity contribution in [2.24, 2.45) is 0 Å². The zero-order chi connectivity index (χ0) is 18.2. The number of halogens is 2. The van der Waals surface area contributed by atoms with Crippen LogP contribution in [0.3, 0.4) is 0 Å². The molecule has 0 amide bonds. The van der Waals surface area contributed by atoms with Crippen LogP contribution < -0.4 is 0 Å². The van der Waals surface area contributed by atoms with Crippen molar-refractivity contribution in [2.45, 2.75) is 16.6 Å². The van der Waals surface area contributed by atoms with Gasteiger partial charge in [-0.05, 0) is 36.1 Å². The van der Waals surface area contributed by atoms with Crippen LogP contribution in [-0.4, -0.2) is 40.0 Å². The molecular formula is C15H15ClFNO4S3. The van der Waals surface area contributed by atoms with Crippen LogP contribution in [0.25, 0.3) is 0 Å². The minimum Gasteiger partial charge on any atom is -0.228 e. The Hall–Kier alpha value is -1.00. The Morgan fingerprint density at radius 2 is 2.00 bits per heavy atom. The molecule has 1 aromatic heterocycles. The summed E-state index contributed by atoms with van der Waals surface area (Å²) in [6.45, 7) is -0.0688. The highest BCUT2D eigenvalue weighted by atomic mass is 35.5. The average molecular weight is 424 g/mol. The first kappa shape index (κ1) is 18.8. The van der Waals surface area contributed by atoms with Gasteiger partial charge in [-0.2, -0.15) is 4.31 Å². The monoisotopic (exact) mass is 423 g/mol. The molecule has 0 spiro atoms. The van der Waals surface area contributed by atoms with Gasteiger partial charge in [-0.15, -0.1) is 11.3 Å². The second-order valence-corrected chi connectivity index (χ2v) is 11.3. The fourth-order valence-electron chi connectivity index (χ4n) is 2.74. The average Bonchev–Trinajstić information content (AvgIpc) is 3.01. The Labute approximate surface area is 155 Å². The molecule has 25 heavy (non-hydrogen) atoms. The maximum Gasteiger partial charge on any atom is 0.243 e. The fraction of sp³-hybridized carbons (Fsp3) is 0.333. The molecule has 1 atom stereocenters. The summed E-state index contributed by atoms with van der Waals surface area (Å²) in [6.07, 6.45) is 0.178. The largest absolute Gasteiger partial charge is 0.243 e. The van der Waals surface area contributed by atoms with Crippen molar-refractivity contribution in [3.8, 4) is 0 Å². The number of thiophene rings is 1. The van der Waals surface area contributed by atoms with E-state index in [1.165, 1.54) is 11.3 Å². The maximum atomic E-state index is 13.3. The summed E-state index contributed by atoms with van der Waals surface area (Å²) in [7, 11) is -7.40. The van der Waals surface area contributed by atoms with E-state index in [4.69, 9.17) is 11.6 Å². The minimum absolute atomic E-state index is 0.0686. The van der Waals surface area contributed by atoms with E-state index >= 15 is 0 Å². The van der Waals surface area contributed by atoms with Crippen molar-refractivity contribution in [3.05, 3.63) is 51.4 Å². The zero-order valence-corrected chi connectivity index (χ0v) is 16.1. The molecule has 1 saturated heterocycles. The third-order valence-electron chi connectivity index (χ3n) is 4.09. The summed E-state index contributed by atoms with van der Waals surface area (Å²) in [4.78, 5) is 0.565. The molecule has 10 heteroatoms. The number of hydrogen-bond donors (Lipinski definition) is 0. The van der Waals surface area contributed by atoms with Gasteiger partial charge >= 0.3 is 0 Å². The standard InChI is InChI=1S/C15H15ClFNO4S3/c16-12-10-11(3-4-13(12)17)25(21,22)18-6-5-15(14-2-1-8-23-14)24(19,20)9-7-18/h1-4,8,10,15H,5-7,9H2. The van der Waals surface area contributed by atoms with Gasteiger partial charge < -0.3 is 0 Å².